The van der Waals surface area contributed by atoms with Gasteiger partial charge in [0.15, 0.2) is 0 Å². The Labute approximate surface area is 160 Å². The highest BCUT2D eigenvalue weighted by Gasteiger charge is 2.56. The van der Waals surface area contributed by atoms with Gasteiger partial charge in [0, 0.05) is 24.0 Å². The van der Waals surface area contributed by atoms with E-state index in [2.05, 4.69) is 36.3 Å². The van der Waals surface area contributed by atoms with Gasteiger partial charge < -0.3 is 15.5 Å². The molecule has 146 valence electrons. The van der Waals surface area contributed by atoms with E-state index in [9.17, 15) is 14.4 Å². The van der Waals surface area contributed by atoms with E-state index in [-0.39, 0.29) is 24.3 Å². The van der Waals surface area contributed by atoms with Gasteiger partial charge in [0.2, 0.25) is 5.91 Å². The first-order chi connectivity index (χ1) is 12.8. The maximum Gasteiger partial charge on any atom is 0.325 e. The molecule has 1 aliphatic heterocycles. The Balaban J connectivity index is 1.61. The van der Waals surface area contributed by atoms with E-state index in [1.54, 1.807) is 6.92 Å². The number of anilines is 2. The van der Waals surface area contributed by atoms with E-state index in [0.29, 0.717) is 11.7 Å². The van der Waals surface area contributed by atoms with Crippen molar-refractivity contribution >= 4 is 29.2 Å². The number of nitrogens with one attached hydrogen (secondary N) is 2. The summed E-state index contributed by atoms with van der Waals surface area (Å²) in [6.07, 6.45) is 1.86. The molecule has 27 heavy (non-hydrogen) atoms. The normalized spacial score (nSPS) is 22.2. The standard InChI is InChI=1S/C20H28N4O3/c1-5-23(13(2)3)16-10-8-15(9-11-16)21-17(25)12-24-18(26)20(4,14-6-7-14)22-19(24)27/h8-11,13-14H,5-7,12H2,1-4H3,(H,21,25)(H,22,27). The number of rotatable bonds is 7. The molecule has 2 aliphatic rings. The lowest BCUT2D eigenvalue weighted by Gasteiger charge is -2.27. The topological polar surface area (TPSA) is 81.8 Å². The summed E-state index contributed by atoms with van der Waals surface area (Å²) in [5.74, 6) is -0.518. The molecule has 1 aromatic carbocycles. The fourth-order valence-corrected chi connectivity index (χ4v) is 3.72. The Morgan fingerprint density at radius 2 is 1.93 bits per heavy atom. The van der Waals surface area contributed by atoms with E-state index >= 15 is 0 Å². The van der Waals surface area contributed by atoms with Crippen molar-refractivity contribution < 1.29 is 14.4 Å². The monoisotopic (exact) mass is 372 g/mol. The fourth-order valence-electron chi connectivity index (χ4n) is 3.72. The highest BCUT2D eigenvalue weighted by Crippen LogP contribution is 2.42. The molecule has 1 saturated heterocycles. The second kappa shape index (κ2) is 7.21. The summed E-state index contributed by atoms with van der Waals surface area (Å²) >= 11 is 0. The number of amides is 4. The molecule has 0 bridgehead atoms. The van der Waals surface area contributed by atoms with Crippen molar-refractivity contribution in [2.45, 2.75) is 52.1 Å². The summed E-state index contributed by atoms with van der Waals surface area (Å²) in [5, 5.41) is 5.51. The maximum atomic E-state index is 12.6. The number of nitrogens with zero attached hydrogens (tertiary/aromatic N) is 2. The molecular formula is C20H28N4O3. The first kappa shape index (κ1) is 19.2. The molecule has 0 aromatic heterocycles. The molecule has 0 radical (unpaired) electrons. The lowest BCUT2D eigenvalue weighted by Crippen LogP contribution is -2.46. The van der Waals surface area contributed by atoms with Crippen molar-refractivity contribution in [3.63, 3.8) is 0 Å². The molecule has 1 aromatic rings. The first-order valence-electron chi connectivity index (χ1n) is 9.57. The van der Waals surface area contributed by atoms with Gasteiger partial charge in [-0.25, -0.2) is 4.79 Å². The number of hydrogen-bond acceptors (Lipinski definition) is 4. The second-order valence-electron chi connectivity index (χ2n) is 7.77. The summed E-state index contributed by atoms with van der Waals surface area (Å²) in [4.78, 5) is 40.3. The maximum absolute atomic E-state index is 12.6. The smallest absolute Gasteiger partial charge is 0.325 e. The Kier molecular flexibility index (Phi) is 5.13. The molecule has 2 N–H and O–H groups in total. The van der Waals surface area contributed by atoms with Gasteiger partial charge in [-0.1, -0.05) is 0 Å². The van der Waals surface area contributed by atoms with Crippen molar-refractivity contribution in [2.75, 3.05) is 23.3 Å². The van der Waals surface area contributed by atoms with Crippen molar-refractivity contribution in [1.29, 1.82) is 0 Å². The van der Waals surface area contributed by atoms with Crippen LogP contribution in [0.2, 0.25) is 0 Å². The molecule has 1 heterocycles. The summed E-state index contributed by atoms with van der Waals surface area (Å²) in [7, 11) is 0. The number of carbonyl (C=O) groups excluding carboxylic acids is 3. The van der Waals surface area contributed by atoms with Crippen molar-refractivity contribution in [3.8, 4) is 0 Å². The molecule has 1 atom stereocenters. The highest BCUT2D eigenvalue weighted by atomic mass is 16.2. The van der Waals surface area contributed by atoms with Gasteiger partial charge in [-0.05, 0) is 70.7 Å². The Morgan fingerprint density at radius 3 is 2.44 bits per heavy atom. The largest absolute Gasteiger partial charge is 0.369 e. The Hall–Kier alpha value is -2.57. The summed E-state index contributed by atoms with van der Waals surface area (Å²) in [5.41, 5.74) is 0.861. The lowest BCUT2D eigenvalue weighted by molar-refractivity contribution is -0.134. The minimum Gasteiger partial charge on any atom is -0.369 e. The van der Waals surface area contributed by atoms with Gasteiger partial charge in [-0.15, -0.1) is 0 Å². The molecule has 0 spiro atoms. The summed E-state index contributed by atoms with van der Waals surface area (Å²) in [6, 6.07) is 7.47. The van der Waals surface area contributed by atoms with Crippen LogP contribution in [0.25, 0.3) is 0 Å². The molecule has 2 fully saturated rings. The summed E-state index contributed by atoms with van der Waals surface area (Å²) in [6.45, 7) is 8.73. The SMILES string of the molecule is CCN(c1ccc(NC(=O)CN2C(=O)NC(C)(C3CC3)C2=O)cc1)C(C)C. The van der Waals surface area contributed by atoms with E-state index in [1.165, 1.54) is 0 Å². The van der Waals surface area contributed by atoms with Gasteiger partial charge in [-0.3, -0.25) is 14.5 Å². The molecule has 1 saturated carbocycles. The third kappa shape index (κ3) is 3.77. The van der Waals surface area contributed by atoms with Crippen LogP contribution >= 0.6 is 0 Å². The lowest BCUT2D eigenvalue weighted by atomic mass is 9.96. The van der Waals surface area contributed by atoms with Gasteiger partial charge >= 0.3 is 6.03 Å². The molecule has 4 amide bonds. The number of hydrogen-bond donors (Lipinski definition) is 2. The van der Waals surface area contributed by atoms with Crippen LogP contribution in [0.3, 0.4) is 0 Å². The highest BCUT2D eigenvalue weighted by molar-refractivity contribution is 6.10. The fraction of sp³-hybridized carbons (Fsp3) is 0.550. The van der Waals surface area contributed by atoms with Crippen LogP contribution in [0.5, 0.6) is 0 Å². The Bertz CT molecular complexity index is 742. The van der Waals surface area contributed by atoms with Crippen LogP contribution in [0.15, 0.2) is 24.3 Å². The van der Waals surface area contributed by atoms with Crippen LogP contribution in [0.4, 0.5) is 16.2 Å². The third-order valence-corrected chi connectivity index (χ3v) is 5.44. The molecule has 1 aliphatic carbocycles. The van der Waals surface area contributed by atoms with Gasteiger partial charge in [0.25, 0.3) is 5.91 Å². The molecule has 7 heteroatoms. The average Bonchev–Trinajstić information content (AvgIpc) is 3.43. The van der Waals surface area contributed by atoms with Gasteiger partial charge in [0.1, 0.15) is 12.1 Å². The molecule has 7 nitrogen and oxygen atoms in total. The van der Waals surface area contributed by atoms with Crippen molar-refractivity contribution in [3.05, 3.63) is 24.3 Å². The minimum absolute atomic E-state index is 0.178. The minimum atomic E-state index is -0.862. The van der Waals surface area contributed by atoms with Crippen molar-refractivity contribution in [2.24, 2.45) is 5.92 Å². The molecule has 3 rings (SSSR count). The number of benzene rings is 1. The first-order valence-corrected chi connectivity index (χ1v) is 9.57. The number of imide groups is 1. The number of urea groups is 1. The van der Waals surface area contributed by atoms with Gasteiger partial charge in [0.05, 0.1) is 0 Å². The Morgan fingerprint density at radius 1 is 1.30 bits per heavy atom. The van der Waals surface area contributed by atoms with E-state index in [0.717, 1.165) is 30.0 Å². The zero-order chi connectivity index (χ0) is 19.8. The average molecular weight is 372 g/mol. The van der Waals surface area contributed by atoms with Crippen LogP contribution < -0.4 is 15.5 Å². The van der Waals surface area contributed by atoms with Crippen LogP contribution in [-0.2, 0) is 9.59 Å². The second-order valence-corrected chi connectivity index (χ2v) is 7.77. The number of carbonyl (C=O) groups is 3. The summed E-state index contributed by atoms with van der Waals surface area (Å²) < 4.78 is 0. The van der Waals surface area contributed by atoms with Crippen molar-refractivity contribution in [1.82, 2.24) is 10.2 Å². The predicted molar refractivity (Wildman–Crippen MR) is 105 cm³/mol. The zero-order valence-electron chi connectivity index (χ0n) is 16.4. The zero-order valence-corrected chi connectivity index (χ0v) is 16.4. The van der Waals surface area contributed by atoms with E-state index in [4.69, 9.17) is 0 Å². The molecular weight excluding hydrogens is 344 g/mol. The predicted octanol–water partition coefficient (Wildman–Crippen LogP) is 2.58. The van der Waals surface area contributed by atoms with E-state index < -0.39 is 11.6 Å². The van der Waals surface area contributed by atoms with Gasteiger partial charge in [-0.2, -0.15) is 0 Å². The third-order valence-electron chi connectivity index (χ3n) is 5.44. The van der Waals surface area contributed by atoms with E-state index in [1.807, 2.05) is 24.3 Å². The molecule has 1 unspecified atom stereocenters. The van der Waals surface area contributed by atoms with Crippen LogP contribution in [-0.4, -0.2) is 47.4 Å². The van der Waals surface area contributed by atoms with Crippen LogP contribution in [0.1, 0.15) is 40.5 Å². The quantitative estimate of drug-likeness (QED) is 0.721. The van der Waals surface area contributed by atoms with Crippen LogP contribution in [0, 0.1) is 5.92 Å².